The lowest BCUT2D eigenvalue weighted by Gasteiger charge is -2.15. The SMILES string of the molecule is CC(C)(C)Cn1cc[n+](CC(C)(C)C)c1. The van der Waals surface area contributed by atoms with Gasteiger partial charge in [-0.3, -0.25) is 0 Å². The van der Waals surface area contributed by atoms with Gasteiger partial charge in [-0.1, -0.05) is 41.5 Å². The monoisotopic (exact) mass is 209 g/mol. The van der Waals surface area contributed by atoms with Crippen molar-refractivity contribution in [1.82, 2.24) is 4.57 Å². The van der Waals surface area contributed by atoms with E-state index in [2.05, 4.69) is 69.4 Å². The minimum absolute atomic E-state index is 0.346. The molecule has 2 nitrogen and oxygen atoms in total. The Morgan fingerprint density at radius 2 is 1.60 bits per heavy atom. The van der Waals surface area contributed by atoms with Crippen molar-refractivity contribution < 1.29 is 4.57 Å². The molecule has 0 aliphatic rings. The zero-order valence-electron chi connectivity index (χ0n) is 11.0. The van der Waals surface area contributed by atoms with Crippen molar-refractivity contribution in [3.05, 3.63) is 18.7 Å². The van der Waals surface area contributed by atoms with Gasteiger partial charge in [0.2, 0.25) is 6.33 Å². The molecule has 1 rings (SSSR count). The quantitative estimate of drug-likeness (QED) is 0.662. The molecular formula is C13H25N2+. The number of hydrogen-bond donors (Lipinski definition) is 0. The molecule has 2 heteroatoms. The second kappa shape index (κ2) is 3.99. The Kier molecular flexibility index (Phi) is 3.27. The van der Waals surface area contributed by atoms with Crippen molar-refractivity contribution in [2.75, 3.05) is 0 Å². The van der Waals surface area contributed by atoms with Crippen molar-refractivity contribution in [3.8, 4) is 0 Å². The van der Waals surface area contributed by atoms with Gasteiger partial charge >= 0.3 is 0 Å². The standard InChI is InChI=1S/C13H25N2/c1-12(2,3)9-14-7-8-15(11-14)10-13(4,5)6/h7-8,11H,9-10H2,1-6H3/q+1. The van der Waals surface area contributed by atoms with Crippen LogP contribution in [-0.4, -0.2) is 4.57 Å². The molecule has 0 N–H and O–H groups in total. The second-order valence-corrected chi connectivity index (χ2v) is 6.88. The van der Waals surface area contributed by atoms with Gasteiger partial charge in [0.15, 0.2) is 0 Å². The van der Waals surface area contributed by atoms with Gasteiger partial charge in [0.1, 0.15) is 12.4 Å². The van der Waals surface area contributed by atoms with Gasteiger partial charge in [0.05, 0.1) is 13.1 Å². The molecule has 0 spiro atoms. The normalized spacial score (nSPS) is 13.2. The van der Waals surface area contributed by atoms with E-state index in [9.17, 15) is 0 Å². The second-order valence-electron chi connectivity index (χ2n) is 6.88. The van der Waals surface area contributed by atoms with Crippen LogP contribution in [0.15, 0.2) is 18.7 Å². The first kappa shape index (κ1) is 12.3. The van der Waals surface area contributed by atoms with E-state index >= 15 is 0 Å². The van der Waals surface area contributed by atoms with Crippen LogP contribution in [0.4, 0.5) is 0 Å². The van der Waals surface area contributed by atoms with Crippen LogP contribution in [0.5, 0.6) is 0 Å². The Morgan fingerprint density at radius 1 is 1.00 bits per heavy atom. The lowest BCUT2D eigenvalue weighted by molar-refractivity contribution is -0.707. The van der Waals surface area contributed by atoms with Crippen molar-refractivity contribution in [2.45, 2.75) is 54.6 Å². The Balaban J connectivity index is 2.65. The molecule has 1 aromatic rings. The number of aromatic nitrogens is 2. The summed E-state index contributed by atoms with van der Waals surface area (Å²) in [6.07, 6.45) is 6.53. The fourth-order valence-corrected chi connectivity index (χ4v) is 1.72. The number of nitrogens with zero attached hydrogens (tertiary/aromatic N) is 2. The van der Waals surface area contributed by atoms with Crippen LogP contribution in [0.1, 0.15) is 41.5 Å². The van der Waals surface area contributed by atoms with E-state index in [1.165, 1.54) is 0 Å². The highest BCUT2D eigenvalue weighted by molar-refractivity contribution is 4.72. The lowest BCUT2D eigenvalue weighted by atomic mass is 9.97. The van der Waals surface area contributed by atoms with E-state index in [-0.39, 0.29) is 0 Å². The summed E-state index contributed by atoms with van der Waals surface area (Å²) in [5.41, 5.74) is 0.692. The maximum atomic E-state index is 2.27. The molecule has 0 aromatic carbocycles. The number of imidazole rings is 1. The summed E-state index contributed by atoms with van der Waals surface area (Å²) in [4.78, 5) is 0. The third-order valence-electron chi connectivity index (χ3n) is 2.06. The summed E-state index contributed by atoms with van der Waals surface area (Å²) >= 11 is 0. The zero-order chi connectivity index (χ0) is 11.7. The summed E-state index contributed by atoms with van der Waals surface area (Å²) in [5, 5.41) is 0. The van der Waals surface area contributed by atoms with Crippen molar-refractivity contribution >= 4 is 0 Å². The minimum Gasteiger partial charge on any atom is -0.236 e. The molecule has 0 amide bonds. The molecule has 0 saturated heterocycles. The van der Waals surface area contributed by atoms with Crippen LogP contribution in [-0.2, 0) is 13.1 Å². The molecule has 86 valence electrons. The third-order valence-corrected chi connectivity index (χ3v) is 2.06. The number of rotatable bonds is 2. The molecule has 0 saturated carbocycles. The largest absolute Gasteiger partial charge is 0.243 e. The van der Waals surface area contributed by atoms with Gasteiger partial charge in [-0.2, -0.15) is 0 Å². The molecule has 0 bridgehead atoms. The molecule has 0 radical (unpaired) electrons. The van der Waals surface area contributed by atoms with E-state index in [0.717, 1.165) is 13.1 Å². The Labute approximate surface area is 93.9 Å². The highest BCUT2D eigenvalue weighted by Gasteiger charge is 2.18. The first-order valence-electron chi connectivity index (χ1n) is 5.71. The summed E-state index contributed by atoms with van der Waals surface area (Å²) in [6.45, 7) is 15.7. The molecule has 0 fully saturated rings. The number of hydrogen-bond acceptors (Lipinski definition) is 0. The van der Waals surface area contributed by atoms with E-state index in [1.54, 1.807) is 0 Å². The van der Waals surface area contributed by atoms with Gasteiger partial charge in [-0.05, 0) is 10.8 Å². The maximum absolute atomic E-state index is 2.27. The van der Waals surface area contributed by atoms with Crippen molar-refractivity contribution in [1.29, 1.82) is 0 Å². The third kappa shape index (κ3) is 5.01. The van der Waals surface area contributed by atoms with Crippen LogP contribution in [0.25, 0.3) is 0 Å². The first-order valence-corrected chi connectivity index (χ1v) is 5.71. The van der Waals surface area contributed by atoms with Crippen LogP contribution < -0.4 is 4.57 Å². The molecule has 0 aliphatic heterocycles. The van der Waals surface area contributed by atoms with Gasteiger partial charge in [-0.15, -0.1) is 0 Å². The Morgan fingerprint density at radius 3 is 2.07 bits per heavy atom. The van der Waals surface area contributed by atoms with Crippen LogP contribution in [0, 0.1) is 10.8 Å². The molecule has 15 heavy (non-hydrogen) atoms. The topological polar surface area (TPSA) is 8.81 Å². The summed E-state index contributed by atoms with van der Waals surface area (Å²) in [6, 6.07) is 0. The summed E-state index contributed by atoms with van der Waals surface area (Å²) in [5.74, 6) is 0. The average Bonchev–Trinajstić information content (AvgIpc) is 2.28. The first-order chi connectivity index (χ1) is 6.66. The maximum Gasteiger partial charge on any atom is 0.243 e. The minimum atomic E-state index is 0.346. The van der Waals surface area contributed by atoms with E-state index in [4.69, 9.17) is 0 Å². The fraction of sp³-hybridized carbons (Fsp3) is 0.769. The molecule has 1 aromatic heterocycles. The smallest absolute Gasteiger partial charge is 0.236 e. The van der Waals surface area contributed by atoms with Crippen LogP contribution in [0.2, 0.25) is 0 Å². The molecule has 1 heterocycles. The highest BCUT2D eigenvalue weighted by atomic mass is 15.1. The van der Waals surface area contributed by atoms with Crippen LogP contribution >= 0.6 is 0 Å². The Hall–Kier alpha value is -0.790. The molecule has 0 unspecified atom stereocenters. The highest BCUT2D eigenvalue weighted by Crippen LogP contribution is 2.16. The molecule has 0 aliphatic carbocycles. The van der Waals surface area contributed by atoms with Gasteiger partial charge in [0, 0.05) is 0 Å². The summed E-state index contributed by atoms with van der Waals surface area (Å²) < 4.78 is 4.54. The van der Waals surface area contributed by atoms with Crippen LogP contribution in [0.3, 0.4) is 0 Å². The predicted octanol–water partition coefficient (Wildman–Crippen LogP) is 2.87. The molecule has 0 atom stereocenters. The van der Waals surface area contributed by atoms with Gasteiger partial charge in [0.25, 0.3) is 0 Å². The fourth-order valence-electron chi connectivity index (χ4n) is 1.72. The van der Waals surface area contributed by atoms with E-state index in [1.807, 2.05) is 0 Å². The predicted molar refractivity (Wildman–Crippen MR) is 63.5 cm³/mol. The van der Waals surface area contributed by atoms with Gasteiger partial charge in [-0.25, -0.2) is 9.13 Å². The van der Waals surface area contributed by atoms with E-state index in [0.29, 0.717) is 10.8 Å². The lowest BCUT2D eigenvalue weighted by Crippen LogP contribution is -2.38. The molecular weight excluding hydrogens is 184 g/mol. The van der Waals surface area contributed by atoms with Crippen molar-refractivity contribution in [2.24, 2.45) is 10.8 Å². The van der Waals surface area contributed by atoms with Crippen molar-refractivity contribution in [3.63, 3.8) is 0 Å². The average molecular weight is 209 g/mol. The van der Waals surface area contributed by atoms with E-state index < -0.39 is 0 Å². The van der Waals surface area contributed by atoms with Gasteiger partial charge < -0.3 is 0 Å². The zero-order valence-corrected chi connectivity index (χ0v) is 11.0. The summed E-state index contributed by atoms with van der Waals surface area (Å²) in [7, 11) is 0. The Bertz CT molecular complexity index is 280.